The van der Waals surface area contributed by atoms with Crippen molar-refractivity contribution in [2.75, 3.05) is 0 Å². The molecular formula is C5H5CrNO2. The number of nitrogens with zero attached hydrogens (tertiary/aromatic N) is 1. The number of pyridine rings is 1. The molecule has 9 heavy (non-hydrogen) atoms. The van der Waals surface area contributed by atoms with Gasteiger partial charge in [0.25, 0.3) is 0 Å². The second kappa shape index (κ2) is 10.6. The molecule has 1 rings (SSSR count). The first-order valence-electron chi connectivity index (χ1n) is 1.85. The summed E-state index contributed by atoms with van der Waals surface area (Å²) in [6, 6.07) is 5.72. The Morgan fingerprint density at radius 3 is 1.33 bits per heavy atom. The Morgan fingerprint density at radius 2 is 1.22 bits per heavy atom. The van der Waals surface area contributed by atoms with Gasteiger partial charge in [-0.25, -0.2) is 0 Å². The maximum atomic E-state index is 3.78. The van der Waals surface area contributed by atoms with Gasteiger partial charge in [-0.1, -0.05) is 6.07 Å². The normalized spacial score (nSPS) is 5.33. The maximum absolute atomic E-state index is 3.78. The van der Waals surface area contributed by atoms with Gasteiger partial charge in [-0.2, -0.15) is 0 Å². The molecule has 1 heterocycles. The van der Waals surface area contributed by atoms with Crippen LogP contribution in [0.2, 0.25) is 0 Å². The van der Waals surface area contributed by atoms with Crippen molar-refractivity contribution in [1.82, 2.24) is 4.98 Å². The van der Waals surface area contributed by atoms with Gasteiger partial charge in [-0.3, -0.25) is 4.98 Å². The summed E-state index contributed by atoms with van der Waals surface area (Å²) >= 11 is 0. The average Bonchev–Trinajstić information content (AvgIpc) is 1.72. The van der Waals surface area contributed by atoms with Crippen LogP contribution >= 0.6 is 0 Å². The van der Waals surface area contributed by atoms with E-state index in [0.29, 0.717) is 0 Å². The molecule has 0 N–H and O–H groups in total. The molecule has 0 saturated carbocycles. The quantitative estimate of drug-likeness (QED) is 0.558. The average molecular weight is 163 g/mol. The summed E-state index contributed by atoms with van der Waals surface area (Å²) in [6.07, 6.45) is 3.50. The van der Waals surface area contributed by atoms with Crippen LogP contribution in [0.25, 0.3) is 0 Å². The molecule has 1 aromatic rings. The topological polar surface area (TPSA) is 69.9 Å². The van der Waals surface area contributed by atoms with Gasteiger partial charge in [0, 0.05) is 12.4 Å². The molecule has 0 aliphatic carbocycles. The fraction of sp³-hybridized carbons (Fsp3) is 0. The van der Waals surface area contributed by atoms with Crippen molar-refractivity contribution in [3.05, 3.63) is 30.6 Å². The Bertz CT molecular complexity index is 86.9. The molecule has 0 aliphatic rings. The zero-order valence-electron chi connectivity index (χ0n) is 4.56. The van der Waals surface area contributed by atoms with Crippen LogP contribution < -0.4 is 0 Å². The summed E-state index contributed by atoms with van der Waals surface area (Å²) in [5, 5.41) is 0. The van der Waals surface area contributed by atoms with E-state index in [1.165, 1.54) is 0 Å². The van der Waals surface area contributed by atoms with Crippen LogP contribution in [0.4, 0.5) is 0 Å². The predicted molar refractivity (Wildman–Crippen MR) is 25.6 cm³/mol. The summed E-state index contributed by atoms with van der Waals surface area (Å²) in [5.74, 6) is 0. The second-order valence-corrected chi connectivity index (χ2v) is 1.02. The van der Waals surface area contributed by atoms with Crippen molar-refractivity contribution in [3.63, 3.8) is 0 Å². The fourth-order valence-corrected chi connectivity index (χ4v) is 0.313. The molecule has 0 aliphatic heterocycles. The van der Waals surface area contributed by atoms with Crippen LogP contribution in [0.1, 0.15) is 0 Å². The molecule has 0 amide bonds. The first-order chi connectivity index (χ1) is 3.00. The van der Waals surface area contributed by atoms with Crippen molar-refractivity contribution >= 4 is 0 Å². The smallest absolute Gasteiger partial charge is 2.00 e. The second-order valence-electron chi connectivity index (χ2n) is 1.02. The molecule has 0 fully saturated rings. The summed E-state index contributed by atoms with van der Waals surface area (Å²) < 4.78 is 0. The van der Waals surface area contributed by atoms with Crippen molar-refractivity contribution in [1.29, 1.82) is 0 Å². The van der Waals surface area contributed by atoms with Crippen LogP contribution in [0.3, 0.4) is 0 Å². The molecule has 4 heteroatoms. The minimum absolute atomic E-state index is 0. The Labute approximate surface area is 64.5 Å². The van der Waals surface area contributed by atoms with Crippen LogP contribution in [-0.4, -0.2) is 4.98 Å². The zero-order valence-corrected chi connectivity index (χ0v) is 5.83. The molecule has 0 unspecified atom stereocenters. The van der Waals surface area contributed by atoms with Crippen LogP contribution in [0.15, 0.2) is 30.6 Å². The van der Waals surface area contributed by atoms with Gasteiger partial charge >= 0.3 is 17.4 Å². The van der Waals surface area contributed by atoms with Crippen molar-refractivity contribution in [2.24, 2.45) is 0 Å². The molecule has 0 radical (unpaired) electrons. The van der Waals surface area contributed by atoms with E-state index in [1.807, 2.05) is 18.2 Å². The van der Waals surface area contributed by atoms with Gasteiger partial charge in [0.15, 0.2) is 0 Å². The van der Waals surface area contributed by atoms with Gasteiger partial charge in [0.1, 0.15) is 0 Å². The molecular weight excluding hydrogens is 158 g/mol. The molecule has 48 valence electrons. The Hall–Kier alpha value is -0.398. The van der Waals surface area contributed by atoms with Crippen molar-refractivity contribution < 1.29 is 28.3 Å². The minimum atomic E-state index is 0. The Morgan fingerprint density at radius 1 is 0.778 bits per heavy atom. The summed E-state index contributed by atoms with van der Waals surface area (Å²) in [4.78, 5) is 3.78. The standard InChI is InChI=1S/C5H5N.Cr.2O/c1-2-4-6-5-3-1;;;/h1-5H;;;/q;+4;2*-2. The first kappa shape index (κ1) is 15.8. The Balaban J connectivity index is -0.000000120. The van der Waals surface area contributed by atoms with E-state index in [2.05, 4.69) is 4.98 Å². The van der Waals surface area contributed by atoms with E-state index >= 15 is 0 Å². The zero-order chi connectivity index (χ0) is 4.24. The molecule has 0 bridgehead atoms. The summed E-state index contributed by atoms with van der Waals surface area (Å²) in [6.45, 7) is 0. The summed E-state index contributed by atoms with van der Waals surface area (Å²) in [5.41, 5.74) is 0. The monoisotopic (exact) mass is 163 g/mol. The Kier molecular flexibility index (Phi) is 18.6. The molecule has 3 nitrogen and oxygen atoms in total. The van der Waals surface area contributed by atoms with E-state index in [9.17, 15) is 0 Å². The van der Waals surface area contributed by atoms with Gasteiger partial charge in [0.05, 0.1) is 0 Å². The van der Waals surface area contributed by atoms with E-state index in [1.54, 1.807) is 12.4 Å². The van der Waals surface area contributed by atoms with Gasteiger partial charge in [-0.05, 0) is 12.1 Å². The molecule has 0 spiro atoms. The van der Waals surface area contributed by atoms with E-state index in [4.69, 9.17) is 0 Å². The third-order valence-electron chi connectivity index (χ3n) is 0.566. The minimum Gasteiger partial charge on any atom is -2.00 e. The van der Waals surface area contributed by atoms with Crippen molar-refractivity contribution in [2.45, 2.75) is 0 Å². The molecule has 0 atom stereocenters. The predicted octanol–water partition coefficient (Wildman–Crippen LogP) is 0.841. The number of aromatic nitrogens is 1. The third kappa shape index (κ3) is 7.60. The molecule has 0 aromatic carbocycles. The van der Waals surface area contributed by atoms with E-state index < -0.39 is 0 Å². The number of hydrogen-bond donors (Lipinski definition) is 0. The van der Waals surface area contributed by atoms with Crippen LogP contribution in [0.5, 0.6) is 0 Å². The maximum Gasteiger partial charge on any atom is 4.00 e. The summed E-state index contributed by atoms with van der Waals surface area (Å²) in [7, 11) is 0. The van der Waals surface area contributed by atoms with Gasteiger partial charge in [-0.15, -0.1) is 0 Å². The first-order valence-corrected chi connectivity index (χ1v) is 1.85. The fourth-order valence-electron chi connectivity index (χ4n) is 0.313. The number of hydrogen-bond acceptors (Lipinski definition) is 1. The van der Waals surface area contributed by atoms with Crippen molar-refractivity contribution in [3.8, 4) is 0 Å². The van der Waals surface area contributed by atoms with Gasteiger partial charge in [0.2, 0.25) is 0 Å². The number of rotatable bonds is 0. The molecule has 1 aromatic heterocycles. The van der Waals surface area contributed by atoms with Crippen LogP contribution in [0, 0.1) is 0 Å². The largest absolute Gasteiger partial charge is 4.00 e. The third-order valence-corrected chi connectivity index (χ3v) is 0.566. The molecule has 0 saturated heterocycles. The van der Waals surface area contributed by atoms with E-state index in [-0.39, 0.29) is 28.3 Å². The van der Waals surface area contributed by atoms with E-state index in [0.717, 1.165) is 0 Å². The SMILES string of the molecule is [Cr+4].[O-2].[O-2].c1ccncc1. The van der Waals surface area contributed by atoms with Crippen LogP contribution in [-0.2, 0) is 28.3 Å². The van der Waals surface area contributed by atoms with Gasteiger partial charge < -0.3 is 11.0 Å².